The number of rotatable bonds is 5. The number of anilines is 1. The van der Waals surface area contributed by atoms with Gasteiger partial charge in [0.15, 0.2) is 6.61 Å². The summed E-state index contributed by atoms with van der Waals surface area (Å²) in [7, 11) is 1.60. The summed E-state index contributed by atoms with van der Waals surface area (Å²) in [4.78, 5) is 11.1. The number of likely N-dealkylation sites (N-methyl/N-ethyl adjacent to an activating group) is 1. The average Bonchev–Trinajstić information content (AvgIpc) is 2.31. The summed E-state index contributed by atoms with van der Waals surface area (Å²) in [6, 6.07) is 8.34. The molecule has 1 saturated carbocycles. The van der Waals surface area contributed by atoms with Gasteiger partial charge in [0.1, 0.15) is 5.75 Å². The molecule has 0 unspecified atom stereocenters. The van der Waals surface area contributed by atoms with E-state index in [9.17, 15) is 4.79 Å². The van der Waals surface area contributed by atoms with Crippen LogP contribution in [0, 0.1) is 0 Å². The second kappa shape index (κ2) is 5.57. The van der Waals surface area contributed by atoms with Crippen LogP contribution in [0.25, 0.3) is 0 Å². The lowest BCUT2D eigenvalue weighted by Gasteiger charge is -2.27. The number of nitrogens with one attached hydrogen (secondary N) is 2. The monoisotopic (exact) mass is 234 g/mol. The minimum absolute atomic E-state index is 0.0589. The summed E-state index contributed by atoms with van der Waals surface area (Å²) >= 11 is 0. The van der Waals surface area contributed by atoms with Crippen LogP contribution < -0.4 is 15.4 Å². The lowest BCUT2D eigenvalue weighted by molar-refractivity contribution is -0.122. The standard InChI is InChI=1S/C13H18N2O2/c1-14-13(16)9-17-12-7-3-6-11(8-12)15-10-4-2-5-10/h3,6-8,10,15H,2,4-5,9H2,1H3,(H,14,16). The smallest absolute Gasteiger partial charge is 0.257 e. The molecule has 2 N–H and O–H groups in total. The Morgan fingerprint density at radius 1 is 1.47 bits per heavy atom. The van der Waals surface area contributed by atoms with Crippen molar-refractivity contribution in [2.75, 3.05) is 19.0 Å². The van der Waals surface area contributed by atoms with Gasteiger partial charge in [0.05, 0.1) is 0 Å². The second-order valence-corrected chi connectivity index (χ2v) is 4.26. The third-order valence-corrected chi connectivity index (χ3v) is 2.96. The largest absolute Gasteiger partial charge is 0.484 e. The van der Waals surface area contributed by atoms with Crippen LogP contribution in [-0.4, -0.2) is 25.6 Å². The van der Waals surface area contributed by atoms with Crippen molar-refractivity contribution in [2.24, 2.45) is 0 Å². The lowest BCUT2D eigenvalue weighted by Crippen LogP contribution is -2.27. The summed E-state index contributed by atoms with van der Waals surface area (Å²) in [6.45, 7) is 0.0589. The first kappa shape index (κ1) is 11.8. The number of hydrogen-bond donors (Lipinski definition) is 2. The summed E-state index contributed by atoms with van der Waals surface area (Å²) in [5.41, 5.74) is 1.06. The highest BCUT2D eigenvalue weighted by Gasteiger charge is 2.16. The molecule has 1 fully saturated rings. The van der Waals surface area contributed by atoms with Crippen LogP contribution in [0.3, 0.4) is 0 Å². The van der Waals surface area contributed by atoms with Crippen molar-refractivity contribution in [1.82, 2.24) is 5.32 Å². The molecule has 0 atom stereocenters. The predicted octanol–water partition coefficient (Wildman–Crippen LogP) is 1.78. The van der Waals surface area contributed by atoms with Gasteiger partial charge in [0, 0.05) is 24.8 Å². The molecule has 4 nitrogen and oxygen atoms in total. The van der Waals surface area contributed by atoms with Crippen molar-refractivity contribution in [3.8, 4) is 5.75 Å². The molecule has 1 aromatic carbocycles. The molecule has 92 valence electrons. The molecule has 1 aliphatic carbocycles. The van der Waals surface area contributed by atoms with E-state index in [1.165, 1.54) is 19.3 Å². The van der Waals surface area contributed by atoms with Crippen molar-refractivity contribution in [3.63, 3.8) is 0 Å². The van der Waals surface area contributed by atoms with Gasteiger partial charge in [-0.1, -0.05) is 6.07 Å². The summed E-state index contributed by atoms with van der Waals surface area (Å²) in [5, 5.41) is 5.96. The van der Waals surface area contributed by atoms with E-state index < -0.39 is 0 Å². The van der Waals surface area contributed by atoms with Gasteiger partial charge in [-0.2, -0.15) is 0 Å². The van der Waals surface area contributed by atoms with Gasteiger partial charge in [-0.3, -0.25) is 4.79 Å². The highest BCUT2D eigenvalue weighted by atomic mass is 16.5. The maximum Gasteiger partial charge on any atom is 0.257 e. The van der Waals surface area contributed by atoms with Crippen molar-refractivity contribution in [1.29, 1.82) is 0 Å². The molecule has 1 aromatic rings. The van der Waals surface area contributed by atoms with Gasteiger partial charge < -0.3 is 15.4 Å². The first-order chi connectivity index (χ1) is 8.28. The van der Waals surface area contributed by atoms with Crippen LogP contribution in [0.15, 0.2) is 24.3 Å². The molecule has 1 aliphatic rings. The van der Waals surface area contributed by atoms with Crippen LogP contribution in [0.2, 0.25) is 0 Å². The van der Waals surface area contributed by atoms with E-state index in [0.29, 0.717) is 6.04 Å². The molecule has 4 heteroatoms. The minimum atomic E-state index is -0.123. The van der Waals surface area contributed by atoms with Crippen LogP contribution in [0.1, 0.15) is 19.3 Å². The molecule has 0 saturated heterocycles. The quantitative estimate of drug-likeness (QED) is 0.816. The maximum atomic E-state index is 11.1. The van der Waals surface area contributed by atoms with Crippen molar-refractivity contribution >= 4 is 11.6 Å². The normalized spacial score (nSPS) is 14.9. The van der Waals surface area contributed by atoms with E-state index in [0.717, 1.165) is 11.4 Å². The highest BCUT2D eigenvalue weighted by molar-refractivity contribution is 5.77. The Bertz CT molecular complexity index is 389. The van der Waals surface area contributed by atoms with E-state index >= 15 is 0 Å². The summed E-state index contributed by atoms with van der Waals surface area (Å²) in [5.74, 6) is 0.597. The SMILES string of the molecule is CNC(=O)COc1cccc(NC2CCC2)c1. The number of ether oxygens (including phenoxy) is 1. The minimum Gasteiger partial charge on any atom is -0.484 e. The zero-order valence-corrected chi connectivity index (χ0v) is 10.0. The van der Waals surface area contributed by atoms with E-state index in [-0.39, 0.29) is 12.5 Å². The zero-order chi connectivity index (χ0) is 12.1. The van der Waals surface area contributed by atoms with E-state index in [1.807, 2.05) is 24.3 Å². The van der Waals surface area contributed by atoms with E-state index in [2.05, 4.69) is 10.6 Å². The third kappa shape index (κ3) is 3.37. The topological polar surface area (TPSA) is 50.4 Å². The molecule has 0 spiro atoms. The summed E-state index contributed by atoms with van der Waals surface area (Å²) in [6.07, 6.45) is 3.79. The summed E-state index contributed by atoms with van der Waals surface area (Å²) < 4.78 is 5.38. The number of carbonyl (C=O) groups is 1. The number of amides is 1. The molecule has 0 bridgehead atoms. The average molecular weight is 234 g/mol. The molecule has 0 heterocycles. The van der Waals surface area contributed by atoms with Gasteiger partial charge >= 0.3 is 0 Å². The van der Waals surface area contributed by atoms with Crippen LogP contribution in [-0.2, 0) is 4.79 Å². The number of benzene rings is 1. The molecule has 2 rings (SSSR count). The Morgan fingerprint density at radius 3 is 2.94 bits per heavy atom. The molecule has 1 amide bonds. The van der Waals surface area contributed by atoms with Crippen molar-refractivity contribution < 1.29 is 9.53 Å². The van der Waals surface area contributed by atoms with E-state index in [1.54, 1.807) is 7.05 Å². The predicted molar refractivity (Wildman–Crippen MR) is 67.3 cm³/mol. The Balaban J connectivity index is 1.88. The maximum absolute atomic E-state index is 11.1. The number of hydrogen-bond acceptors (Lipinski definition) is 3. The Morgan fingerprint density at radius 2 is 2.29 bits per heavy atom. The first-order valence-corrected chi connectivity index (χ1v) is 5.98. The van der Waals surface area contributed by atoms with Crippen LogP contribution in [0.5, 0.6) is 5.75 Å². The molecule has 0 aromatic heterocycles. The fourth-order valence-electron chi connectivity index (χ4n) is 1.69. The Kier molecular flexibility index (Phi) is 3.85. The first-order valence-electron chi connectivity index (χ1n) is 5.98. The Hall–Kier alpha value is -1.71. The van der Waals surface area contributed by atoms with E-state index in [4.69, 9.17) is 4.74 Å². The molecule has 0 radical (unpaired) electrons. The van der Waals surface area contributed by atoms with Gasteiger partial charge in [0.25, 0.3) is 5.91 Å². The second-order valence-electron chi connectivity index (χ2n) is 4.26. The zero-order valence-electron chi connectivity index (χ0n) is 10.0. The molecular weight excluding hydrogens is 216 g/mol. The lowest BCUT2D eigenvalue weighted by atomic mass is 9.93. The van der Waals surface area contributed by atoms with Gasteiger partial charge in [-0.25, -0.2) is 0 Å². The number of carbonyl (C=O) groups excluding carboxylic acids is 1. The van der Waals surface area contributed by atoms with Crippen molar-refractivity contribution in [3.05, 3.63) is 24.3 Å². The van der Waals surface area contributed by atoms with Gasteiger partial charge in [-0.05, 0) is 31.4 Å². The van der Waals surface area contributed by atoms with Crippen molar-refractivity contribution in [2.45, 2.75) is 25.3 Å². The molecule has 0 aliphatic heterocycles. The van der Waals surface area contributed by atoms with Crippen LogP contribution in [0.4, 0.5) is 5.69 Å². The Labute approximate surface area is 101 Å². The van der Waals surface area contributed by atoms with Gasteiger partial charge in [-0.15, -0.1) is 0 Å². The fraction of sp³-hybridized carbons (Fsp3) is 0.462. The molecular formula is C13H18N2O2. The highest BCUT2D eigenvalue weighted by Crippen LogP contribution is 2.25. The van der Waals surface area contributed by atoms with Crippen LogP contribution >= 0.6 is 0 Å². The molecule has 17 heavy (non-hydrogen) atoms. The van der Waals surface area contributed by atoms with Gasteiger partial charge in [0.2, 0.25) is 0 Å². The third-order valence-electron chi connectivity index (χ3n) is 2.96. The fourth-order valence-corrected chi connectivity index (χ4v) is 1.69.